The Morgan fingerprint density at radius 1 is 1.08 bits per heavy atom. The molecule has 0 atom stereocenters. The second-order valence-electron chi connectivity index (χ2n) is 5.28. The Hall–Kier alpha value is -3.03. The Balaban J connectivity index is 2.34. The largest absolute Gasteiger partial charge is 0.490 e. The first-order chi connectivity index (χ1) is 11.9. The van der Waals surface area contributed by atoms with Gasteiger partial charge in [-0.25, -0.2) is 4.79 Å². The Labute approximate surface area is 144 Å². The fraction of sp³-hybridized carbons (Fsp3) is 0.353. The molecule has 25 heavy (non-hydrogen) atoms. The molecule has 0 spiro atoms. The summed E-state index contributed by atoms with van der Waals surface area (Å²) in [7, 11) is 2.80. The second-order valence-corrected chi connectivity index (χ2v) is 5.28. The van der Waals surface area contributed by atoms with E-state index >= 15 is 0 Å². The summed E-state index contributed by atoms with van der Waals surface area (Å²) >= 11 is 0. The molecule has 8 nitrogen and oxygen atoms in total. The van der Waals surface area contributed by atoms with E-state index in [1.54, 1.807) is 18.2 Å². The molecular formula is C17H21N3O5. The van der Waals surface area contributed by atoms with Gasteiger partial charge in [0.2, 0.25) is 0 Å². The predicted molar refractivity (Wildman–Crippen MR) is 93.7 cm³/mol. The highest BCUT2D eigenvalue weighted by Crippen LogP contribution is 2.30. The molecule has 2 rings (SSSR count). The van der Waals surface area contributed by atoms with E-state index in [0.29, 0.717) is 30.4 Å². The van der Waals surface area contributed by atoms with Crippen LogP contribution in [-0.4, -0.2) is 28.3 Å². The summed E-state index contributed by atoms with van der Waals surface area (Å²) in [6.07, 6.45) is 1.22. The van der Waals surface area contributed by atoms with Gasteiger partial charge in [0.1, 0.15) is 5.56 Å². The molecule has 1 aromatic heterocycles. The maximum atomic E-state index is 12.4. The molecule has 1 heterocycles. The van der Waals surface area contributed by atoms with Crippen LogP contribution in [-0.2, 0) is 14.1 Å². The molecule has 0 saturated heterocycles. The number of ether oxygens (including phenoxy) is 2. The lowest BCUT2D eigenvalue weighted by atomic mass is 10.2. The lowest BCUT2D eigenvalue weighted by molar-refractivity contribution is 0.102. The van der Waals surface area contributed by atoms with Gasteiger partial charge in [-0.2, -0.15) is 0 Å². The van der Waals surface area contributed by atoms with E-state index in [4.69, 9.17) is 9.47 Å². The number of aryl methyl sites for hydroxylation is 1. The first-order valence-corrected chi connectivity index (χ1v) is 7.86. The minimum Gasteiger partial charge on any atom is -0.490 e. The zero-order valence-electron chi connectivity index (χ0n) is 14.7. The molecule has 2 aromatic rings. The normalized spacial score (nSPS) is 10.4. The lowest BCUT2D eigenvalue weighted by Crippen LogP contribution is -2.40. The monoisotopic (exact) mass is 347 g/mol. The molecule has 134 valence electrons. The van der Waals surface area contributed by atoms with Crippen molar-refractivity contribution in [1.29, 1.82) is 0 Å². The van der Waals surface area contributed by atoms with Gasteiger partial charge >= 0.3 is 5.69 Å². The quantitative estimate of drug-likeness (QED) is 0.846. The summed E-state index contributed by atoms with van der Waals surface area (Å²) in [6.45, 7) is 4.63. The lowest BCUT2D eigenvalue weighted by Gasteiger charge is -2.13. The molecule has 0 saturated carbocycles. The third kappa shape index (κ3) is 3.90. The van der Waals surface area contributed by atoms with E-state index in [9.17, 15) is 14.4 Å². The molecule has 0 aliphatic carbocycles. The molecule has 8 heteroatoms. The molecule has 1 amide bonds. The fourth-order valence-electron chi connectivity index (χ4n) is 2.29. The molecule has 0 aliphatic heterocycles. The molecule has 0 fully saturated rings. The van der Waals surface area contributed by atoms with Gasteiger partial charge in [-0.05, 0) is 26.0 Å². The smallest absolute Gasteiger partial charge is 0.330 e. The summed E-state index contributed by atoms with van der Waals surface area (Å²) in [5.41, 5.74) is -0.831. The van der Waals surface area contributed by atoms with Crippen molar-refractivity contribution >= 4 is 11.6 Å². The van der Waals surface area contributed by atoms with E-state index in [0.717, 1.165) is 4.57 Å². The van der Waals surface area contributed by atoms with Crippen molar-refractivity contribution in [3.63, 3.8) is 0 Å². The topological polar surface area (TPSA) is 91.6 Å². The van der Waals surface area contributed by atoms with E-state index in [-0.39, 0.29) is 5.56 Å². The van der Waals surface area contributed by atoms with Crippen molar-refractivity contribution in [2.45, 2.75) is 13.8 Å². The van der Waals surface area contributed by atoms with Gasteiger partial charge < -0.3 is 19.4 Å². The molecule has 0 unspecified atom stereocenters. The van der Waals surface area contributed by atoms with Gasteiger partial charge in [0, 0.05) is 32.0 Å². The highest BCUT2D eigenvalue weighted by Gasteiger charge is 2.16. The van der Waals surface area contributed by atoms with Gasteiger partial charge in [0.15, 0.2) is 11.5 Å². The number of anilines is 1. The predicted octanol–water partition coefficient (Wildman–Crippen LogP) is 1.13. The van der Waals surface area contributed by atoms with Crippen molar-refractivity contribution in [3.05, 3.63) is 50.8 Å². The van der Waals surface area contributed by atoms with Gasteiger partial charge in [-0.1, -0.05) is 0 Å². The molecular weight excluding hydrogens is 326 g/mol. The van der Waals surface area contributed by atoms with Crippen LogP contribution in [0.5, 0.6) is 11.5 Å². The molecule has 0 bridgehead atoms. The summed E-state index contributed by atoms with van der Waals surface area (Å²) in [6, 6.07) is 4.96. The molecule has 0 radical (unpaired) electrons. The Bertz CT molecular complexity index is 898. The van der Waals surface area contributed by atoms with Crippen molar-refractivity contribution < 1.29 is 14.3 Å². The molecule has 1 N–H and O–H groups in total. The summed E-state index contributed by atoms with van der Waals surface area (Å²) < 4.78 is 13.0. The summed E-state index contributed by atoms with van der Waals surface area (Å²) in [5, 5.41) is 2.64. The van der Waals surface area contributed by atoms with Crippen molar-refractivity contribution in [2.24, 2.45) is 14.1 Å². The second kappa shape index (κ2) is 7.69. The van der Waals surface area contributed by atoms with Gasteiger partial charge in [0.05, 0.1) is 13.2 Å². The van der Waals surface area contributed by atoms with Crippen molar-refractivity contribution in [2.75, 3.05) is 18.5 Å². The van der Waals surface area contributed by atoms with Gasteiger partial charge in [-0.15, -0.1) is 0 Å². The SMILES string of the molecule is CCOc1ccc(NC(=O)c2cn(C)c(=O)n(C)c2=O)cc1OCC. The number of rotatable bonds is 6. The van der Waals surface area contributed by atoms with Crippen LogP contribution >= 0.6 is 0 Å². The average molecular weight is 347 g/mol. The maximum Gasteiger partial charge on any atom is 0.330 e. The van der Waals surface area contributed by atoms with Crippen LogP contribution in [0, 0.1) is 0 Å². The van der Waals surface area contributed by atoms with Crippen molar-refractivity contribution in [1.82, 2.24) is 9.13 Å². The van der Waals surface area contributed by atoms with Crippen LogP contribution in [0.1, 0.15) is 24.2 Å². The zero-order valence-corrected chi connectivity index (χ0v) is 14.7. The van der Waals surface area contributed by atoms with E-state index < -0.39 is 17.2 Å². The first kappa shape index (κ1) is 18.3. The highest BCUT2D eigenvalue weighted by atomic mass is 16.5. The number of aromatic nitrogens is 2. The number of nitrogens with one attached hydrogen (secondary N) is 1. The Kier molecular flexibility index (Phi) is 5.63. The fourth-order valence-corrected chi connectivity index (χ4v) is 2.29. The minimum absolute atomic E-state index is 0.128. The zero-order chi connectivity index (χ0) is 18.6. The standard InChI is InChI=1S/C17H21N3O5/c1-5-24-13-8-7-11(9-14(13)25-6-2)18-15(21)12-10-19(3)17(23)20(4)16(12)22/h7-10H,5-6H2,1-4H3,(H,18,21). The number of amides is 1. The van der Waals surface area contributed by atoms with Gasteiger partial charge in [-0.3, -0.25) is 14.2 Å². The number of hydrogen-bond acceptors (Lipinski definition) is 5. The van der Waals surface area contributed by atoms with E-state index in [1.807, 2.05) is 13.8 Å². The third-order valence-electron chi connectivity index (χ3n) is 3.49. The van der Waals surface area contributed by atoms with Crippen molar-refractivity contribution in [3.8, 4) is 11.5 Å². The van der Waals surface area contributed by atoms with E-state index in [2.05, 4.69) is 5.32 Å². The van der Waals surface area contributed by atoms with Crippen LogP contribution in [0.4, 0.5) is 5.69 Å². The first-order valence-electron chi connectivity index (χ1n) is 7.86. The maximum absolute atomic E-state index is 12.4. The van der Waals surface area contributed by atoms with Crippen LogP contribution in [0.2, 0.25) is 0 Å². The minimum atomic E-state index is -0.656. The van der Waals surface area contributed by atoms with Crippen LogP contribution in [0.15, 0.2) is 34.0 Å². The number of carbonyl (C=O) groups is 1. The van der Waals surface area contributed by atoms with E-state index in [1.165, 1.54) is 24.9 Å². The third-order valence-corrected chi connectivity index (χ3v) is 3.49. The van der Waals surface area contributed by atoms with Crippen LogP contribution in [0.3, 0.4) is 0 Å². The number of carbonyl (C=O) groups excluding carboxylic acids is 1. The summed E-state index contributed by atoms with van der Waals surface area (Å²) in [4.78, 5) is 36.2. The highest BCUT2D eigenvalue weighted by molar-refractivity contribution is 6.04. The molecule has 0 aliphatic rings. The number of nitrogens with zero attached hydrogens (tertiary/aromatic N) is 2. The Morgan fingerprint density at radius 2 is 1.72 bits per heavy atom. The Morgan fingerprint density at radius 3 is 2.36 bits per heavy atom. The summed E-state index contributed by atoms with van der Waals surface area (Å²) in [5.74, 6) is 0.457. The average Bonchev–Trinajstić information content (AvgIpc) is 2.58. The van der Waals surface area contributed by atoms with Crippen LogP contribution in [0.25, 0.3) is 0 Å². The number of hydrogen-bond donors (Lipinski definition) is 1. The number of benzene rings is 1. The van der Waals surface area contributed by atoms with Crippen LogP contribution < -0.4 is 26.0 Å². The van der Waals surface area contributed by atoms with Gasteiger partial charge in [0.25, 0.3) is 11.5 Å². The molecule has 1 aromatic carbocycles.